The summed E-state index contributed by atoms with van der Waals surface area (Å²) in [6, 6.07) is 8.24. The van der Waals surface area contributed by atoms with Gasteiger partial charge in [0.2, 0.25) is 0 Å². The van der Waals surface area contributed by atoms with Crippen molar-refractivity contribution in [2.24, 2.45) is 28.6 Å². The van der Waals surface area contributed by atoms with E-state index >= 15 is 0 Å². The largest absolute Gasteiger partial charge is 0.497 e. The Morgan fingerprint density at radius 1 is 1.00 bits per heavy atom. The molecule has 27 heavy (non-hydrogen) atoms. The minimum atomic E-state index is -0.364. The highest BCUT2D eigenvalue weighted by Crippen LogP contribution is 2.79. The van der Waals surface area contributed by atoms with Crippen LogP contribution in [0.2, 0.25) is 0 Å². The minimum Gasteiger partial charge on any atom is -0.497 e. The van der Waals surface area contributed by atoms with Gasteiger partial charge < -0.3 is 4.74 Å². The molecule has 0 heterocycles. The maximum absolute atomic E-state index is 13.4. The van der Waals surface area contributed by atoms with Gasteiger partial charge in [-0.1, -0.05) is 51.0 Å². The molecule has 3 heteroatoms. The molecule has 142 valence electrons. The smallest absolute Gasteiger partial charge is 0.140 e. The summed E-state index contributed by atoms with van der Waals surface area (Å²) in [6.45, 7) is 4.31. The minimum absolute atomic E-state index is 0.0719. The number of carbonyl (C=O) groups is 2. The molecule has 3 fully saturated rings. The molecule has 0 N–H and O–H groups in total. The van der Waals surface area contributed by atoms with Crippen LogP contribution in [-0.4, -0.2) is 18.7 Å². The lowest BCUT2D eigenvalue weighted by Gasteiger charge is -2.50. The van der Waals surface area contributed by atoms with Gasteiger partial charge in [0.25, 0.3) is 0 Å². The van der Waals surface area contributed by atoms with E-state index in [0.717, 1.165) is 25.0 Å². The molecule has 4 aliphatic rings. The average Bonchev–Trinajstić information content (AvgIpc) is 3.06. The Hall–Kier alpha value is -1.90. The van der Waals surface area contributed by atoms with Gasteiger partial charge in [-0.2, -0.15) is 0 Å². The Bertz CT molecular complexity index is 853. The van der Waals surface area contributed by atoms with E-state index in [4.69, 9.17) is 4.74 Å². The van der Waals surface area contributed by atoms with Crippen molar-refractivity contribution in [3.63, 3.8) is 0 Å². The van der Waals surface area contributed by atoms with E-state index in [1.807, 2.05) is 19.1 Å². The first kappa shape index (κ1) is 17.2. The van der Waals surface area contributed by atoms with Gasteiger partial charge in [-0.05, 0) is 36.0 Å². The summed E-state index contributed by atoms with van der Waals surface area (Å²) in [5.74, 6) is 0.954. The second-order valence-corrected chi connectivity index (χ2v) is 9.44. The maximum Gasteiger partial charge on any atom is 0.140 e. The van der Waals surface area contributed by atoms with Crippen LogP contribution in [0.15, 0.2) is 36.4 Å². The molecule has 0 radical (unpaired) electrons. The molecule has 0 spiro atoms. The zero-order chi connectivity index (χ0) is 19.0. The molecule has 0 saturated heterocycles. The molecule has 3 nitrogen and oxygen atoms in total. The van der Waals surface area contributed by atoms with E-state index in [0.29, 0.717) is 18.0 Å². The fraction of sp³-hybridized carbons (Fsp3) is 0.583. The Kier molecular flexibility index (Phi) is 3.40. The molecule has 0 aliphatic heterocycles. The van der Waals surface area contributed by atoms with E-state index in [2.05, 4.69) is 31.2 Å². The predicted octanol–water partition coefficient (Wildman–Crippen LogP) is 4.49. The van der Waals surface area contributed by atoms with Crippen LogP contribution in [0.3, 0.4) is 0 Å². The summed E-state index contributed by atoms with van der Waals surface area (Å²) in [4.78, 5) is 26.8. The van der Waals surface area contributed by atoms with Crippen LogP contribution in [-0.2, 0) is 15.0 Å². The third kappa shape index (κ3) is 1.75. The predicted molar refractivity (Wildman–Crippen MR) is 104 cm³/mol. The lowest BCUT2D eigenvalue weighted by Crippen LogP contribution is -2.49. The van der Waals surface area contributed by atoms with E-state index in [1.54, 1.807) is 7.11 Å². The first-order valence-corrected chi connectivity index (χ1v) is 10.3. The molecule has 1 aromatic rings. The van der Waals surface area contributed by atoms with Gasteiger partial charge in [-0.25, -0.2) is 0 Å². The highest BCUT2D eigenvalue weighted by Gasteiger charge is 2.78. The first-order chi connectivity index (χ1) is 12.9. The zero-order valence-corrected chi connectivity index (χ0v) is 16.5. The summed E-state index contributed by atoms with van der Waals surface area (Å²) >= 11 is 0. The Labute approximate surface area is 161 Å². The molecule has 4 aliphatic carbocycles. The number of fused-ring (bicyclic) bond motifs is 2. The van der Waals surface area contributed by atoms with Crippen LogP contribution in [0, 0.1) is 28.6 Å². The number of hydrogen-bond donors (Lipinski definition) is 0. The van der Waals surface area contributed by atoms with Crippen LogP contribution in [0.25, 0.3) is 0 Å². The monoisotopic (exact) mass is 364 g/mol. The summed E-state index contributed by atoms with van der Waals surface area (Å²) in [7, 11) is 1.67. The third-order valence-corrected chi connectivity index (χ3v) is 8.69. The van der Waals surface area contributed by atoms with Gasteiger partial charge in [-0.15, -0.1) is 0 Å². The topological polar surface area (TPSA) is 43.4 Å². The van der Waals surface area contributed by atoms with Gasteiger partial charge in [0.05, 0.1) is 7.11 Å². The fourth-order valence-electron chi connectivity index (χ4n) is 7.49. The second-order valence-electron chi connectivity index (χ2n) is 9.44. The number of rotatable bonds is 2. The van der Waals surface area contributed by atoms with Crippen LogP contribution >= 0.6 is 0 Å². The number of methoxy groups -OCH3 is 1. The summed E-state index contributed by atoms with van der Waals surface area (Å²) in [5.41, 5.74) is 0.584. The van der Waals surface area contributed by atoms with Gasteiger partial charge in [0.15, 0.2) is 0 Å². The number of carbonyl (C=O) groups excluding carboxylic acids is 2. The molecular weight excluding hydrogens is 336 g/mol. The van der Waals surface area contributed by atoms with E-state index in [9.17, 15) is 9.59 Å². The quantitative estimate of drug-likeness (QED) is 0.726. The highest BCUT2D eigenvalue weighted by molar-refractivity contribution is 6.01. The summed E-state index contributed by atoms with van der Waals surface area (Å²) in [6.07, 6.45) is 9.51. The van der Waals surface area contributed by atoms with Crippen molar-refractivity contribution in [2.45, 2.75) is 51.4 Å². The SMILES string of the molecule is COc1ccc([C@]23C=C[C@@]4(CCCC[C@]24C)[C@H]2C(=O)[C@H](C)CC(=O)[C@H]23)cc1. The van der Waals surface area contributed by atoms with Gasteiger partial charge >= 0.3 is 0 Å². The van der Waals surface area contributed by atoms with Crippen LogP contribution in [0.1, 0.15) is 51.5 Å². The maximum atomic E-state index is 13.4. The molecule has 1 aromatic carbocycles. The van der Waals surface area contributed by atoms with Gasteiger partial charge in [0, 0.05) is 35.0 Å². The molecule has 3 saturated carbocycles. The number of ketones is 2. The number of Topliss-reactive ketones (excluding diaryl/α,β-unsaturated/α-hetero) is 2. The fourth-order valence-corrected chi connectivity index (χ4v) is 7.49. The zero-order valence-electron chi connectivity index (χ0n) is 16.5. The number of hydrogen-bond acceptors (Lipinski definition) is 3. The van der Waals surface area contributed by atoms with Crippen molar-refractivity contribution < 1.29 is 14.3 Å². The van der Waals surface area contributed by atoms with Gasteiger partial charge in [0.1, 0.15) is 17.3 Å². The molecular formula is C24H28O3. The molecule has 0 aromatic heterocycles. The average molecular weight is 364 g/mol. The number of benzene rings is 1. The lowest BCUT2D eigenvalue weighted by atomic mass is 9.52. The standard InChI is InChI=1S/C24H28O3/c1-15-14-18(25)19-20(21(15)26)23-11-5-4-10-22(23,2)24(19,13-12-23)16-6-8-17(27-3)9-7-16/h6-9,12-13,15,19-20H,4-5,10-11,14H2,1-3H3/t15-,19-,20-,22+,23+,24+/m1/s1. The normalized spacial score (nSPS) is 44.9. The second kappa shape index (κ2) is 5.33. The van der Waals surface area contributed by atoms with E-state index < -0.39 is 0 Å². The van der Waals surface area contributed by atoms with Crippen LogP contribution < -0.4 is 4.74 Å². The summed E-state index contributed by atoms with van der Waals surface area (Å²) < 4.78 is 5.36. The Morgan fingerprint density at radius 2 is 1.70 bits per heavy atom. The molecule has 6 atom stereocenters. The van der Waals surface area contributed by atoms with Crippen molar-refractivity contribution >= 4 is 11.6 Å². The highest BCUT2D eigenvalue weighted by atomic mass is 16.5. The van der Waals surface area contributed by atoms with Crippen molar-refractivity contribution in [1.29, 1.82) is 0 Å². The molecule has 0 unspecified atom stereocenters. The van der Waals surface area contributed by atoms with Crippen molar-refractivity contribution in [3.8, 4) is 5.75 Å². The third-order valence-electron chi connectivity index (χ3n) is 8.69. The van der Waals surface area contributed by atoms with E-state index in [1.165, 1.54) is 12.0 Å². The number of allylic oxidation sites excluding steroid dienone is 2. The molecule has 0 amide bonds. The van der Waals surface area contributed by atoms with Crippen molar-refractivity contribution in [2.75, 3.05) is 7.11 Å². The van der Waals surface area contributed by atoms with Crippen LogP contribution in [0.4, 0.5) is 0 Å². The number of ether oxygens (including phenoxy) is 1. The Balaban J connectivity index is 1.77. The first-order valence-electron chi connectivity index (χ1n) is 10.3. The van der Waals surface area contributed by atoms with Gasteiger partial charge in [-0.3, -0.25) is 9.59 Å². The molecule has 2 bridgehead atoms. The lowest BCUT2D eigenvalue weighted by molar-refractivity contribution is -0.144. The Morgan fingerprint density at radius 3 is 2.41 bits per heavy atom. The van der Waals surface area contributed by atoms with Crippen molar-refractivity contribution in [1.82, 2.24) is 0 Å². The van der Waals surface area contributed by atoms with Crippen molar-refractivity contribution in [3.05, 3.63) is 42.0 Å². The van der Waals surface area contributed by atoms with E-state index in [-0.39, 0.29) is 34.0 Å². The summed E-state index contributed by atoms with van der Waals surface area (Å²) in [5, 5.41) is 0. The molecule has 5 rings (SSSR count). The van der Waals surface area contributed by atoms with Crippen LogP contribution in [0.5, 0.6) is 5.75 Å².